The van der Waals surface area contributed by atoms with Gasteiger partial charge < -0.3 is 20.9 Å². The summed E-state index contributed by atoms with van der Waals surface area (Å²) in [5, 5.41) is 12.2. The molecular formula is C14H20N2O3. The molecule has 1 aromatic rings. The summed E-state index contributed by atoms with van der Waals surface area (Å²) in [7, 11) is 0. The topological polar surface area (TPSA) is 84.6 Å². The van der Waals surface area contributed by atoms with Gasteiger partial charge in [-0.15, -0.1) is 0 Å². The van der Waals surface area contributed by atoms with Crippen LogP contribution in [0.2, 0.25) is 0 Å². The molecule has 2 atom stereocenters. The molecule has 1 saturated heterocycles. The van der Waals surface area contributed by atoms with Crippen LogP contribution in [-0.4, -0.2) is 42.4 Å². The Bertz CT molecular complexity index is 416. The van der Waals surface area contributed by atoms with E-state index in [1.165, 1.54) is 0 Å². The van der Waals surface area contributed by atoms with E-state index in [0.29, 0.717) is 19.4 Å². The fourth-order valence-electron chi connectivity index (χ4n) is 2.15. The Morgan fingerprint density at radius 3 is 2.79 bits per heavy atom. The van der Waals surface area contributed by atoms with Crippen molar-refractivity contribution in [3.8, 4) is 0 Å². The molecule has 0 bridgehead atoms. The van der Waals surface area contributed by atoms with E-state index in [4.69, 9.17) is 10.5 Å². The van der Waals surface area contributed by atoms with Gasteiger partial charge in [-0.2, -0.15) is 0 Å². The molecule has 0 radical (unpaired) electrons. The zero-order chi connectivity index (χ0) is 13.7. The van der Waals surface area contributed by atoms with Crippen LogP contribution in [0.1, 0.15) is 12.0 Å². The van der Waals surface area contributed by atoms with Crippen LogP contribution in [0, 0.1) is 0 Å². The minimum absolute atomic E-state index is 0.114. The van der Waals surface area contributed by atoms with Gasteiger partial charge in [0.1, 0.15) is 5.54 Å². The quantitative estimate of drug-likeness (QED) is 0.689. The maximum Gasteiger partial charge on any atom is 0.242 e. The van der Waals surface area contributed by atoms with E-state index in [1.54, 1.807) is 0 Å². The minimum Gasteiger partial charge on any atom is -0.394 e. The van der Waals surface area contributed by atoms with Crippen molar-refractivity contribution in [1.29, 1.82) is 0 Å². The number of ether oxygens (including phenoxy) is 1. The Balaban J connectivity index is 1.94. The van der Waals surface area contributed by atoms with Crippen LogP contribution < -0.4 is 11.1 Å². The summed E-state index contributed by atoms with van der Waals surface area (Å²) in [5.41, 5.74) is 6.09. The number of carbonyl (C=O) groups is 1. The SMILES string of the molecule is NC1(C(=O)NC(CO)Cc2ccccc2)CCOC1. The van der Waals surface area contributed by atoms with E-state index in [9.17, 15) is 9.90 Å². The summed E-state index contributed by atoms with van der Waals surface area (Å²) in [6, 6.07) is 9.40. The normalized spacial score (nSPS) is 24.1. The van der Waals surface area contributed by atoms with Crippen molar-refractivity contribution < 1.29 is 14.6 Å². The molecule has 4 N–H and O–H groups in total. The predicted molar refractivity (Wildman–Crippen MR) is 71.5 cm³/mol. The standard InChI is InChI=1S/C14H20N2O3/c15-14(6-7-19-10-14)13(18)16-12(9-17)8-11-4-2-1-3-5-11/h1-5,12,17H,6-10,15H2,(H,16,18). The molecule has 1 amide bonds. The van der Waals surface area contributed by atoms with Gasteiger partial charge in [-0.1, -0.05) is 30.3 Å². The lowest BCUT2D eigenvalue weighted by Gasteiger charge is -2.24. The van der Waals surface area contributed by atoms with E-state index in [2.05, 4.69) is 5.32 Å². The average molecular weight is 264 g/mol. The fourth-order valence-corrected chi connectivity index (χ4v) is 2.15. The highest BCUT2D eigenvalue weighted by Crippen LogP contribution is 2.16. The monoisotopic (exact) mass is 264 g/mol. The summed E-state index contributed by atoms with van der Waals surface area (Å²) in [6.45, 7) is 0.631. The Morgan fingerprint density at radius 1 is 1.47 bits per heavy atom. The second kappa shape index (κ2) is 6.14. The molecule has 5 heteroatoms. The van der Waals surface area contributed by atoms with Gasteiger partial charge in [0.2, 0.25) is 5.91 Å². The van der Waals surface area contributed by atoms with Gasteiger partial charge in [-0.3, -0.25) is 4.79 Å². The number of aliphatic hydroxyl groups is 1. The molecule has 1 heterocycles. The number of aliphatic hydroxyl groups excluding tert-OH is 1. The number of amides is 1. The molecule has 0 saturated carbocycles. The van der Waals surface area contributed by atoms with Crippen molar-refractivity contribution in [3.05, 3.63) is 35.9 Å². The lowest BCUT2D eigenvalue weighted by atomic mass is 9.98. The van der Waals surface area contributed by atoms with Gasteiger partial charge in [0.05, 0.1) is 19.3 Å². The average Bonchev–Trinajstić information content (AvgIpc) is 2.87. The number of nitrogens with one attached hydrogen (secondary N) is 1. The van der Waals surface area contributed by atoms with Crippen molar-refractivity contribution >= 4 is 5.91 Å². The molecule has 0 aromatic heterocycles. The van der Waals surface area contributed by atoms with Gasteiger partial charge in [0.15, 0.2) is 0 Å². The molecule has 1 aliphatic heterocycles. The number of carbonyl (C=O) groups excluding carboxylic acids is 1. The van der Waals surface area contributed by atoms with E-state index in [1.807, 2.05) is 30.3 Å². The maximum absolute atomic E-state index is 12.1. The van der Waals surface area contributed by atoms with Crippen molar-refractivity contribution in [2.24, 2.45) is 5.73 Å². The van der Waals surface area contributed by atoms with Gasteiger partial charge in [-0.25, -0.2) is 0 Å². The predicted octanol–water partition coefficient (Wildman–Crippen LogP) is -0.176. The number of benzene rings is 1. The van der Waals surface area contributed by atoms with Crippen LogP contribution in [0.25, 0.3) is 0 Å². The third kappa shape index (κ3) is 3.53. The highest BCUT2D eigenvalue weighted by atomic mass is 16.5. The van der Waals surface area contributed by atoms with Gasteiger partial charge in [0, 0.05) is 6.61 Å². The molecule has 1 fully saturated rings. The van der Waals surface area contributed by atoms with Crippen LogP contribution in [-0.2, 0) is 16.0 Å². The third-order valence-corrected chi connectivity index (χ3v) is 3.38. The number of hydrogen-bond donors (Lipinski definition) is 3. The number of hydrogen-bond acceptors (Lipinski definition) is 4. The molecule has 5 nitrogen and oxygen atoms in total. The first-order valence-electron chi connectivity index (χ1n) is 6.46. The largest absolute Gasteiger partial charge is 0.394 e. The summed E-state index contributed by atoms with van der Waals surface area (Å²) in [6.07, 6.45) is 1.10. The summed E-state index contributed by atoms with van der Waals surface area (Å²) < 4.78 is 5.17. The first kappa shape index (κ1) is 14.0. The van der Waals surface area contributed by atoms with Crippen LogP contribution in [0.4, 0.5) is 0 Å². The first-order chi connectivity index (χ1) is 9.14. The lowest BCUT2D eigenvalue weighted by molar-refractivity contribution is -0.127. The fraction of sp³-hybridized carbons (Fsp3) is 0.500. The molecule has 0 spiro atoms. The Hall–Kier alpha value is -1.43. The molecule has 1 aromatic carbocycles. The van der Waals surface area contributed by atoms with E-state index in [-0.39, 0.29) is 25.2 Å². The summed E-state index contributed by atoms with van der Waals surface area (Å²) >= 11 is 0. The highest BCUT2D eigenvalue weighted by molar-refractivity contribution is 5.86. The minimum atomic E-state index is -0.954. The molecule has 19 heavy (non-hydrogen) atoms. The van der Waals surface area contributed by atoms with Crippen LogP contribution in [0.5, 0.6) is 0 Å². The Labute approximate surface area is 112 Å². The molecule has 1 aliphatic rings. The van der Waals surface area contributed by atoms with Crippen molar-refractivity contribution in [2.45, 2.75) is 24.4 Å². The van der Waals surface area contributed by atoms with Gasteiger partial charge in [0.25, 0.3) is 0 Å². The van der Waals surface area contributed by atoms with Crippen molar-refractivity contribution in [1.82, 2.24) is 5.32 Å². The Kier molecular flexibility index (Phi) is 4.52. The molecular weight excluding hydrogens is 244 g/mol. The van der Waals surface area contributed by atoms with E-state index < -0.39 is 5.54 Å². The third-order valence-electron chi connectivity index (χ3n) is 3.38. The van der Waals surface area contributed by atoms with Crippen LogP contribution >= 0.6 is 0 Å². The van der Waals surface area contributed by atoms with Gasteiger partial charge >= 0.3 is 0 Å². The highest BCUT2D eigenvalue weighted by Gasteiger charge is 2.38. The molecule has 104 valence electrons. The molecule has 0 aliphatic carbocycles. The van der Waals surface area contributed by atoms with Crippen LogP contribution in [0.3, 0.4) is 0 Å². The first-order valence-corrected chi connectivity index (χ1v) is 6.46. The molecule has 2 unspecified atom stereocenters. The van der Waals surface area contributed by atoms with E-state index in [0.717, 1.165) is 5.56 Å². The second-order valence-corrected chi connectivity index (χ2v) is 5.00. The van der Waals surface area contributed by atoms with Crippen LogP contribution in [0.15, 0.2) is 30.3 Å². The Morgan fingerprint density at radius 2 is 2.21 bits per heavy atom. The zero-order valence-corrected chi connectivity index (χ0v) is 10.8. The smallest absolute Gasteiger partial charge is 0.242 e. The van der Waals surface area contributed by atoms with Gasteiger partial charge in [-0.05, 0) is 18.4 Å². The lowest BCUT2D eigenvalue weighted by Crippen LogP contribution is -2.57. The number of nitrogens with two attached hydrogens (primary N) is 1. The maximum atomic E-state index is 12.1. The molecule has 2 rings (SSSR count). The van der Waals surface area contributed by atoms with Crippen molar-refractivity contribution in [2.75, 3.05) is 19.8 Å². The van der Waals surface area contributed by atoms with Crippen molar-refractivity contribution in [3.63, 3.8) is 0 Å². The zero-order valence-electron chi connectivity index (χ0n) is 10.8. The summed E-state index contributed by atoms with van der Waals surface area (Å²) in [4.78, 5) is 12.1. The summed E-state index contributed by atoms with van der Waals surface area (Å²) in [5.74, 6) is -0.250. The van der Waals surface area contributed by atoms with E-state index >= 15 is 0 Å². The second-order valence-electron chi connectivity index (χ2n) is 5.00. The number of rotatable bonds is 5.